The van der Waals surface area contributed by atoms with E-state index in [9.17, 15) is 4.79 Å². The first-order valence-electron chi connectivity index (χ1n) is 4.57. The van der Waals surface area contributed by atoms with Gasteiger partial charge in [-0.05, 0) is 18.8 Å². The number of hydrogen-bond donors (Lipinski definition) is 0. The number of nitrogens with zero attached hydrogens (tertiary/aromatic N) is 1. The average molecular weight is 242 g/mol. The van der Waals surface area contributed by atoms with Crippen molar-refractivity contribution in [1.82, 2.24) is 0 Å². The first-order valence-corrected chi connectivity index (χ1v) is 5.48. The molecule has 0 N–H and O–H groups in total. The van der Waals surface area contributed by atoms with Gasteiger partial charge in [-0.3, -0.25) is 4.79 Å². The van der Waals surface area contributed by atoms with Gasteiger partial charge in [-0.15, -0.1) is 0 Å². The Morgan fingerprint density at radius 3 is 2.54 bits per heavy atom. The molecule has 0 amide bonds. The van der Waals surface area contributed by atoms with Crippen molar-refractivity contribution in [2.75, 3.05) is 0 Å². The fraction of sp³-hybridized carbons (Fsp3) is 0.800. The van der Waals surface area contributed by atoms with E-state index >= 15 is 0 Å². The molecule has 0 radical (unpaired) electrons. The normalized spacial score (nSPS) is 46.5. The standard InChI is InChI=1S/C10H12BrNO/c1-9(2)6-3-4-10(5-12,7(6)11)8(9)13/h6-7H,3-4H2,1-2H3/t6-,7+,10-/m1/s1. The largest absolute Gasteiger partial charge is 0.297 e. The van der Waals surface area contributed by atoms with Gasteiger partial charge < -0.3 is 0 Å². The lowest BCUT2D eigenvalue weighted by Crippen LogP contribution is -2.36. The molecule has 2 saturated carbocycles. The number of carbonyl (C=O) groups excluding carboxylic acids is 1. The van der Waals surface area contributed by atoms with Crippen LogP contribution in [-0.2, 0) is 4.79 Å². The van der Waals surface area contributed by atoms with Gasteiger partial charge in [-0.2, -0.15) is 5.26 Å². The zero-order chi connectivity index (χ0) is 9.85. The van der Waals surface area contributed by atoms with Crippen LogP contribution in [0.5, 0.6) is 0 Å². The van der Waals surface area contributed by atoms with Crippen LogP contribution in [-0.4, -0.2) is 10.6 Å². The van der Waals surface area contributed by atoms with E-state index in [2.05, 4.69) is 22.0 Å². The highest BCUT2D eigenvalue weighted by molar-refractivity contribution is 9.09. The van der Waals surface area contributed by atoms with Gasteiger partial charge in [0.1, 0.15) is 5.41 Å². The topological polar surface area (TPSA) is 40.9 Å². The predicted molar refractivity (Wildman–Crippen MR) is 52.3 cm³/mol. The van der Waals surface area contributed by atoms with Crippen molar-refractivity contribution in [2.24, 2.45) is 16.7 Å². The van der Waals surface area contributed by atoms with E-state index in [0.29, 0.717) is 5.92 Å². The maximum absolute atomic E-state index is 12.0. The highest BCUT2D eigenvalue weighted by Crippen LogP contribution is 2.62. The van der Waals surface area contributed by atoms with Crippen LogP contribution in [0, 0.1) is 28.1 Å². The van der Waals surface area contributed by atoms with Crippen molar-refractivity contribution >= 4 is 21.7 Å². The minimum atomic E-state index is -0.714. The molecule has 3 heteroatoms. The van der Waals surface area contributed by atoms with Crippen LogP contribution < -0.4 is 0 Å². The maximum atomic E-state index is 12.0. The number of fused-ring (bicyclic) bond motifs is 2. The van der Waals surface area contributed by atoms with Crippen molar-refractivity contribution in [3.05, 3.63) is 0 Å². The number of rotatable bonds is 0. The third-order valence-electron chi connectivity index (χ3n) is 3.79. The summed E-state index contributed by atoms with van der Waals surface area (Å²) in [6.07, 6.45) is 1.74. The molecule has 70 valence electrons. The second-order valence-electron chi connectivity index (χ2n) is 4.68. The smallest absolute Gasteiger partial charge is 0.160 e. The van der Waals surface area contributed by atoms with Gasteiger partial charge in [0.15, 0.2) is 5.78 Å². The van der Waals surface area contributed by atoms with E-state index < -0.39 is 5.41 Å². The third kappa shape index (κ3) is 0.806. The molecule has 2 bridgehead atoms. The molecule has 13 heavy (non-hydrogen) atoms. The number of hydrogen-bond acceptors (Lipinski definition) is 2. The summed E-state index contributed by atoms with van der Waals surface area (Å²) in [6, 6.07) is 2.23. The highest BCUT2D eigenvalue weighted by atomic mass is 79.9. The summed E-state index contributed by atoms with van der Waals surface area (Å²) < 4.78 is 0. The molecule has 0 aromatic carbocycles. The van der Waals surface area contributed by atoms with E-state index in [4.69, 9.17) is 5.26 Å². The lowest BCUT2D eigenvalue weighted by atomic mass is 9.71. The first kappa shape index (κ1) is 9.21. The van der Waals surface area contributed by atoms with Gasteiger partial charge in [0.2, 0.25) is 0 Å². The molecule has 2 aliphatic rings. The van der Waals surface area contributed by atoms with Crippen molar-refractivity contribution in [3.8, 4) is 6.07 Å². The van der Waals surface area contributed by atoms with Gasteiger partial charge in [-0.1, -0.05) is 29.8 Å². The van der Waals surface area contributed by atoms with Crippen LogP contribution in [0.2, 0.25) is 0 Å². The van der Waals surface area contributed by atoms with E-state index in [1.165, 1.54) is 0 Å². The zero-order valence-corrected chi connectivity index (χ0v) is 9.39. The van der Waals surface area contributed by atoms with Crippen LogP contribution in [0.15, 0.2) is 0 Å². The Morgan fingerprint density at radius 2 is 2.23 bits per heavy atom. The second-order valence-corrected chi connectivity index (χ2v) is 5.67. The van der Waals surface area contributed by atoms with Gasteiger partial charge in [0.05, 0.1) is 6.07 Å². The molecular formula is C10H12BrNO. The molecule has 2 aliphatic carbocycles. The monoisotopic (exact) mass is 241 g/mol. The lowest BCUT2D eigenvalue weighted by Gasteiger charge is -2.29. The van der Waals surface area contributed by atoms with Crippen LogP contribution in [0.4, 0.5) is 0 Å². The molecule has 2 fully saturated rings. The van der Waals surface area contributed by atoms with Crippen LogP contribution in [0.25, 0.3) is 0 Å². The number of nitriles is 1. The molecule has 0 spiro atoms. The first-order chi connectivity index (χ1) is 5.97. The van der Waals surface area contributed by atoms with Crippen LogP contribution >= 0.6 is 15.9 Å². The molecule has 0 saturated heterocycles. The SMILES string of the molecule is CC1(C)C(=O)[C@@]2(C#N)CC[C@@H]1[C@@H]2Br. The average Bonchev–Trinajstić information content (AvgIpc) is 2.47. The fourth-order valence-corrected chi connectivity index (χ4v) is 4.35. The molecule has 0 aromatic rings. The number of alkyl halides is 1. The van der Waals surface area contributed by atoms with E-state index in [1.54, 1.807) is 0 Å². The minimum Gasteiger partial charge on any atom is -0.297 e. The summed E-state index contributed by atoms with van der Waals surface area (Å²) in [6.45, 7) is 3.93. The Bertz CT molecular complexity index is 317. The van der Waals surface area contributed by atoms with Gasteiger partial charge in [0, 0.05) is 10.2 Å². The zero-order valence-electron chi connectivity index (χ0n) is 7.80. The summed E-state index contributed by atoms with van der Waals surface area (Å²) in [5.41, 5.74) is -1.02. The number of halogens is 1. The number of Topliss-reactive ketones (excluding diaryl/α,β-unsaturated/α-hetero) is 1. The predicted octanol–water partition coefficient (Wildman–Crippen LogP) is 2.28. The third-order valence-corrected chi connectivity index (χ3v) is 5.21. The Balaban J connectivity index is 2.54. The lowest BCUT2D eigenvalue weighted by molar-refractivity contribution is -0.133. The van der Waals surface area contributed by atoms with Crippen LogP contribution in [0.3, 0.4) is 0 Å². The van der Waals surface area contributed by atoms with Crippen LogP contribution in [0.1, 0.15) is 26.7 Å². The molecule has 0 aliphatic heterocycles. The maximum Gasteiger partial charge on any atom is 0.160 e. The number of carbonyl (C=O) groups is 1. The van der Waals surface area contributed by atoms with Gasteiger partial charge in [-0.25, -0.2) is 0 Å². The van der Waals surface area contributed by atoms with Crippen molar-refractivity contribution in [3.63, 3.8) is 0 Å². The Hall–Kier alpha value is -0.360. The van der Waals surface area contributed by atoms with Crippen molar-refractivity contribution in [1.29, 1.82) is 5.26 Å². The van der Waals surface area contributed by atoms with Gasteiger partial charge >= 0.3 is 0 Å². The summed E-state index contributed by atoms with van der Waals surface area (Å²) in [4.78, 5) is 12.1. The van der Waals surface area contributed by atoms with E-state index in [0.717, 1.165) is 12.8 Å². The molecule has 3 atom stereocenters. The van der Waals surface area contributed by atoms with E-state index in [1.807, 2.05) is 13.8 Å². The minimum absolute atomic E-state index is 0.0764. The highest BCUT2D eigenvalue weighted by Gasteiger charge is 2.67. The Labute approximate surface area is 86.4 Å². The quantitative estimate of drug-likeness (QED) is 0.611. The second kappa shape index (κ2) is 2.36. The van der Waals surface area contributed by atoms with Crippen molar-refractivity contribution in [2.45, 2.75) is 31.5 Å². The summed E-state index contributed by atoms with van der Waals surface area (Å²) in [7, 11) is 0. The summed E-state index contributed by atoms with van der Waals surface area (Å²) >= 11 is 3.52. The van der Waals surface area contributed by atoms with Gasteiger partial charge in [0.25, 0.3) is 0 Å². The molecular weight excluding hydrogens is 230 g/mol. The summed E-state index contributed by atoms with van der Waals surface area (Å²) in [5.74, 6) is 0.486. The molecule has 2 nitrogen and oxygen atoms in total. The number of ketones is 1. The van der Waals surface area contributed by atoms with Crippen molar-refractivity contribution < 1.29 is 4.79 Å². The molecule has 0 unspecified atom stereocenters. The molecule has 2 rings (SSSR count). The summed E-state index contributed by atoms with van der Waals surface area (Å²) in [5, 5.41) is 9.12. The Kier molecular flexibility index (Phi) is 1.67. The Morgan fingerprint density at radius 1 is 1.62 bits per heavy atom. The molecule has 0 aromatic heterocycles. The van der Waals surface area contributed by atoms with E-state index in [-0.39, 0.29) is 16.0 Å². The molecule has 0 heterocycles. The fourth-order valence-electron chi connectivity index (χ4n) is 2.89.